The topological polar surface area (TPSA) is 70.6 Å². The largest absolute Gasteiger partial charge is 0.357 e. The molecule has 0 radical (unpaired) electrons. The summed E-state index contributed by atoms with van der Waals surface area (Å²) in [6, 6.07) is 7.66. The van der Waals surface area contributed by atoms with Crippen LogP contribution in [-0.2, 0) is 22.1 Å². The number of halogens is 1. The summed E-state index contributed by atoms with van der Waals surface area (Å²) in [7, 11) is -3.00. The molecule has 0 heterocycles. The van der Waals surface area contributed by atoms with Gasteiger partial charge in [0.15, 0.2) is 15.8 Å². The fourth-order valence-corrected chi connectivity index (χ4v) is 4.62. The molecule has 0 aliphatic heterocycles. The normalized spacial score (nSPS) is 16.2. The zero-order valence-corrected chi connectivity index (χ0v) is 20.8. The molecule has 0 atom stereocenters. The van der Waals surface area contributed by atoms with Gasteiger partial charge in [-0.05, 0) is 48.6 Å². The Morgan fingerprint density at radius 3 is 2.21 bits per heavy atom. The molecule has 1 fully saturated rings. The monoisotopic (exact) mass is 521 g/mol. The molecule has 0 bridgehead atoms. The molecule has 28 heavy (non-hydrogen) atoms. The van der Waals surface area contributed by atoms with E-state index in [0.29, 0.717) is 12.0 Å². The number of sulfone groups is 1. The van der Waals surface area contributed by atoms with E-state index in [1.54, 1.807) is 0 Å². The van der Waals surface area contributed by atoms with Crippen molar-refractivity contribution in [3.63, 3.8) is 0 Å². The van der Waals surface area contributed by atoms with Crippen LogP contribution in [-0.4, -0.2) is 33.7 Å². The Labute approximate surface area is 188 Å². The smallest absolute Gasteiger partial charge is 0.191 e. The predicted molar refractivity (Wildman–Crippen MR) is 129 cm³/mol. The van der Waals surface area contributed by atoms with Crippen LogP contribution >= 0.6 is 24.0 Å². The highest BCUT2D eigenvalue weighted by Crippen LogP contribution is 2.45. The SMILES string of the molecule is CCNC(=NCc1ccc(CS(C)(=O)=O)cc1)NCC1(CC(C)C)CCC1.I. The zero-order valence-electron chi connectivity index (χ0n) is 17.6. The summed E-state index contributed by atoms with van der Waals surface area (Å²) in [5.41, 5.74) is 2.32. The first-order valence-electron chi connectivity index (χ1n) is 9.99. The first-order chi connectivity index (χ1) is 12.7. The van der Waals surface area contributed by atoms with Gasteiger partial charge in [-0.1, -0.05) is 44.5 Å². The minimum absolute atomic E-state index is 0. The molecule has 2 rings (SSSR count). The van der Waals surface area contributed by atoms with E-state index >= 15 is 0 Å². The number of hydrogen-bond donors (Lipinski definition) is 2. The number of nitrogens with zero attached hydrogens (tertiary/aromatic N) is 1. The summed E-state index contributed by atoms with van der Waals surface area (Å²) in [4.78, 5) is 4.70. The molecule has 7 heteroatoms. The fourth-order valence-electron chi connectivity index (χ4n) is 3.82. The minimum atomic E-state index is -3.00. The Bertz CT molecular complexity index is 727. The van der Waals surface area contributed by atoms with Crippen LogP contribution in [0.25, 0.3) is 0 Å². The molecular weight excluding hydrogens is 485 g/mol. The highest BCUT2D eigenvalue weighted by molar-refractivity contribution is 14.0. The lowest BCUT2D eigenvalue weighted by Crippen LogP contribution is -2.47. The number of benzene rings is 1. The van der Waals surface area contributed by atoms with Gasteiger partial charge in [0.05, 0.1) is 12.3 Å². The Morgan fingerprint density at radius 1 is 1.14 bits per heavy atom. The van der Waals surface area contributed by atoms with Gasteiger partial charge < -0.3 is 10.6 Å². The summed E-state index contributed by atoms with van der Waals surface area (Å²) in [5, 5.41) is 6.87. The Kier molecular flexibility index (Phi) is 10.2. The minimum Gasteiger partial charge on any atom is -0.357 e. The van der Waals surface area contributed by atoms with E-state index in [1.165, 1.54) is 31.9 Å². The molecule has 2 N–H and O–H groups in total. The second-order valence-electron chi connectivity index (χ2n) is 8.39. The molecule has 0 spiro atoms. The second-order valence-corrected chi connectivity index (χ2v) is 10.5. The molecule has 160 valence electrons. The summed E-state index contributed by atoms with van der Waals surface area (Å²) < 4.78 is 22.8. The third kappa shape index (κ3) is 8.68. The van der Waals surface area contributed by atoms with E-state index in [4.69, 9.17) is 4.99 Å². The van der Waals surface area contributed by atoms with Crippen molar-refractivity contribution in [2.45, 2.75) is 58.8 Å². The first kappa shape index (κ1) is 25.2. The van der Waals surface area contributed by atoms with Crippen molar-refractivity contribution in [1.29, 1.82) is 0 Å². The van der Waals surface area contributed by atoms with Crippen LogP contribution in [0.5, 0.6) is 0 Å². The molecule has 0 unspecified atom stereocenters. The molecule has 5 nitrogen and oxygen atoms in total. The van der Waals surface area contributed by atoms with E-state index < -0.39 is 9.84 Å². The van der Waals surface area contributed by atoms with Crippen LogP contribution in [0, 0.1) is 11.3 Å². The highest BCUT2D eigenvalue weighted by Gasteiger charge is 2.37. The van der Waals surface area contributed by atoms with Crippen molar-refractivity contribution in [3.05, 3.63) is 35.4 Å². The molecule has 0 aromatic heterocycles. The summed E-state index contributed by atoms with van der Waals surface area (Å²) in [5.74, 6) is 1.66. The summed E-state index contributed by atoms with van der Waals surface area (Å²) >= 11 is 0. The molecule has 1 aliphatic carbocycles. The maximum atomic E-state index is 11.4. The maximum Gasteiger partial charge on any atom is 0.191 e. The van der Waals surface area contributed by atoms with Crippen LogP contribution in [0.4, 0.5) is 0 Å². The van der Waals surface area contributed by atoms with Gasteiger partial charge in [0, 0.05) is 19.3 Å². The van der Waals surface area contributed by atoms with E-state index in [0.717, 1.165) is 36.1 Å². The molecular formula is C21H36IN3O2S. The van der Waals surface area contributed by atoms with Crippen LogP contribution in [0.1, 0.15) is 57.6 Å². The quantitative estimate of drug-likeness (QED) is 0.292. The number of rotatable bonds is 9. The van der Waals surface area contributed by atoms with Crippen LogP contribution in [0.15, 0.2) is 29.3 Å². The molecule has 1 aromatic rings. The molecule has 0 amide bonds. The molecule has 1 aromatic carbocycles. The Morgan fingerprint density at radius 2 is 1.75 bits per heavy atom. The van der Waals surface area contributed by atoms with Gasteiger partial charge in [-0.2, -0.15) is 0 Å². The van der Waals surface area contributed by atoms with Gasteiger partial charge in [0.25, 0.3) is 0 Å². The van der Waals surface area contributed by atoms with Gasteiger partial charge in [-0.3, -0.25) is 0 Å². The van der Waals surface area contributed by atoms with Crippen molar-refractivity contribution in [1.82, 2.24) is 10.6 Å². The third-order valence-electron chi connectivity index (χ3n) is 5.10. The van der Waals surface area contributed by atoms with Gasteiger partial charge in [-0.15, -0.1) is 24.0 Å². The third-order valence-corrected chi connectivity index (χ3v) is 5.96. The van der Waals surface area contributed by atoms with Gasteiger partial charge in [0.2, 0.25) is 0 Å². The van der Waals surface area contributed by atoms with Crippen LogP contribution in [0.3, 0.4) is 0 Å². The lowest BCUT2D eigenvalue weighted by atomic mass is 9.64. The standard InChI is InChI=1S/C21H35N3O2S.HI/c1-5-22-20(24-16-21(11-6-12-21)13-17(2)3)23-14-18-7-9-19(10-8-18)15-27(4,25)26;/h7-10,17H,5-6,11-16H2,1-4H3,(H2,22,23,24);1H. The molecule has 1 saturated carbocycles. The summed E-state index contributed by atoms with van der Waals surface area (Å²) in [6.07, 6.45) is 6.47. The van der Waals surface area contributed by atoms with Gasteiger partial charge in [-0.25, -0.2) is 13.4 Å². The van der Waals surface area contributed by atoms with E-state index in [2.05, 4.69) is 31.4 Å². The van der Waals surface area contributed by atoms with Crippen molar-refractivity contribution >= 4 is 39.8 Å². The lowest BCUT2D eigenvalue weighted by molar-refractivity contribution is 0.104. The van der Waals surface area contributed by atoms with Crippen molar-refractivity contribution in [3.8, 4) is 0 Å². The zero-order chi connectivity index (χ0) is 19.9. The van der Waals surface area contributed by atoms with Gasteiger partial charge >= 0.3 is 0 Å². The summed E-state index contributed by atoms with van der Waals surface area (Å²) in [6.45, 7) is 9.05. The number of hydrogen-bond acceptors (Lipinski definition) is 3. The maximum absolute atomic E-state index is 11.4. The molecule has 0 saturated heterocycles. The highest BCUT2D eigenvalue weighted by atomic mass is 127. The van der Waals surface area contributed by atoms with Crippen molar-refractivity contribution < 1.29 is 8.42 Å². The van der Waals surface area contributed by atoms with E-state index in [9.17, 15) is 8.42 Å². The van der Waals surface area contributed by atoms with Crippen molar-refractivity contribution in [2.24, 2.45) is 16.3 Å². The lowest BCUT2D eigenvalue weighted by Gasteiger charge is -2.43. The Balaban J connectivity index is 0.00000392. The fraction of sp³-hybridized carbons (Fsp3) is 0.667. The second kappa shape index (κ2) is 11.4. The number of nitrogens with one attached hydrogen (secondary N) is 2. The number of aliphatic imine (C=N–C) groups is 1. The van der Waals surface area contributed by atoms with E-state index in [1.807, 2.05) is 24.3 Å². The van der Waals surface area contributed by atoms with Gasteiger partial charge in [0.1, 0.15) is 0 Å². The Hall–Kier alpha value is -0.830. The average molecular weight is 522 g/mol. The predicted octanol–water partition coefficient (Wildman–Crippen LogP) is 4.12. The van der Waals surface area contributed by atoms with Crippen molar-refractivity contribution in [2.75, 3.05) is 19.3 Å². The number of guanidine groups is 1. The molecule has 1 aliphatic rings. The van der Waals surface area contributed by atoms with Crippen LogP contribution < -0.4 is 10.6 Å². The van der Waals surface area contributed by atoms with E-state index in [-0.39, 0.29) is 29.7 Å². The average Bonchev–Trinajstić information content (AvgIpc) is 2.54. The van der Waals surface area contributed by atoms with Crippen LogP contribution in [0.2, 0.25) is 0 Å². The first-order valence-corrected chi connectivity index (χ1v) is 12.1.